The van der Waals surface area contributed by atoms with Gasteiger partial charge in [0.25, 0.3) is 0 Å². The summed E-state index contributed by atoms with van der Waals surface area (Å²) in [6.07, 6.45) is 2.52. The minimum absolute atomic E-state index is 0.687. The van der Waals surface area contributed by atoms with Gasteiger partial charge in [-0.05, 0) is 19.4 Å². The third kappa shape index (κ3) is 8.27. The Labute approximate surface area is 88.7 Å². The molecule has 0 aliphatic carbocycles. The first kappa shape index (κ1) is 13.7. The zero-order chi connectivity index (χ0) is 10.8. The van der Waals surface area contributed by atoms with E-state index in [2.05, 4.69) is 25.7 Å². The van der Waals surface area contributed by atoms with Crippen LogP contribution in [-0.2, 0) is 4.74 Å². The van der Waals surface area contributed by atoms with E-state index in [0.29, 0.717) is 6.61 Å². The topological polar surface area (TPSA) is 21.3 Å². The number of nitrogens with one attached hydrogen (secondary N) is 1. The van der Waals surface area contributed by atoms with Crippen molar-refractivity contribution in [3.05, 3.63) is 12.2 Å². The molecule has 0 bridgehead atoms. The zero-order valence-corrected chi connectivity index (χ0v) is 9.94. The molecule has 0 aromatic heterocycles. The van der Waals surface area contributed by atoms with Crippen molar-refractivity contribution in [3.63, 3.8) is 0 Å². The first-order valence-electron chi connectivity index (χ1n) is 5.63. The standard InChI is InChI=1S/C12H25NO/c1-5-12(6-2)9-13-7-8-14-10-11(3)4/h12-13H,3,5-10H2,1-2,4H3. The molecule has 0 aliphatic rings. The van der Waals surface area contributed by atoms with Crippen LogP contribution < -0.4 is 5.32 Å². The summed E-state index contributed by atoms with van der Waals surface area (Å²) in [6.45, 7) is 13.8. The van der Waals surface area contributed by atoms with Crippen LogP contribution >= 0.6 is 0 Å². The summed E-state index contributed by atoms with van der Waals surface area (Å²) in [5.74, 6) is 0.816. The number of ether oxygens (including phenoxy) is 1. The van der Waals surface area contributed by atoms with E-state index in [1.54, 1.807) is 0 Å². The van der Waals surface area contributed by atoms with Crippen LogP contribution in [0.5, 0.6) is 0 Å². The first-order chi connectivity index (χ1) is 6.70. The first-order valence-corrected chi connectivity index (χ1v) is 5.63. The summed E-state index contributed by atoms with van der Waals surface area (Å²) in [6, 6.07) is 0. The Bertz CT molecular complexity index is 141. The highest BCUT2D eigenvalue weighted by Gasteiger charge is 2.01. The fraction of sp³-hybridized carbons (Fsp3) is 0.833. The Kier molecular flexibility index (Phi) is 9.00. The monoisotopic (exact) mass is 199 g/mol. The fourth-order valence-electron chi connectivity index (χ4n) is 1.27. The molecule has 0 saturated heterocycles. The SMILES string of the molecule is C=C(C)COCCNCC(CC)CC. The van der Waals surface area contributed by atoms with Gasteiger partial charge in [0.2, 0.25) is 0 Å². The summed E-state index contributed by atoms with van der Waals surface area (Å²) < 4.78 is 5.38. The van der Waals surface area contributed by atoms with Gasteiger partial charge in [-0.1, -0.05) is 38.8 Å². The van der Waals surface area contributed by atoms with Gasteiger partial charge >= 0.3 is 0 Å². The molecule has 0 radical (unpaired) electrons. The third-order valence-electron chi connectivity index (χ3n) is 2.36. The Morgan fingerprint density at radius 2 is 2.00 bits per heavy atom. The van der Waals surface area contributed by atoms with Gasteiger partial charge in [0, 0.05) is 6.54 Å². The lowest BCUT2D eigenvalue weighted by Gasteiger charge is -2.13. The summed E-state index contributed by atoms with van der Waals surface area (Å²) in [7, 11) is 0. The van der Waals surface area contributed by atoms with Crippen LogP contribution in [0.15, 0.2) is 12.2 Å². The molecule has 0 heterocycles. The van der Waals surface area contributed by atoms with Gasteiger partial charge in [-0.15, -0.1) is 0 Å². The van der Waals surface area contributed by atoms with Gasteiger partial charge in [0.1, 0.15) is 0 Å². The van der Waals surface area contributed by atoms with E-state index < -0.39 is 0 Å². The largest absolute Gasteiger partial charge is 0.376 e. The van der Waals surface area contributed by atoms with Crippen molar-refractivity contribution in [2.75, 3.05) is 26.3 Å². The van der Waals surface area contributed by atoms with E-state index >= 15 is 0 Å². The fourth-order valence-corrected chi connectivity index (χ4v) is 1.27. The molecule has 0 aromatic rings. The van der Waals surface area contributed by atoms with Crippen LogP contribution in [0.1, 0.15) is 33.6 Å². The van der Waals surface area contributed by atoms with Crippen LogP contribution in [-0.4, -0.2) is 26.3 Å². The van der Waals surface area contributed by atoms with Gasteiger partial charge in [-0.2, -0.15) is 0 Å². The highest BCUT2D eigenvalue weighted by Crippen LogP contribution is 2.04. The van der Waals surface area contributed by atoms with Crippen molar-refractivity contribution in [3.8, 4) is 0 Å². The molecule has 1 N–H and O–H groups in total. The average molecular weight is 199 g/mol. The van der Waals surface area contributed by atoms with Crippen molar-refractivity contribution >= 4 is 0 Å². The van der Waals surface area contributed by atoms with Crippen molar-refractivity contribution in [2.24, 2.45) is 5.92 Å². The average Bonchev–Trinajstić information content (AvgIpc) is 2.16. The zero-order valence-electron chi connectivity index (χ0n) is 9.94. The second kappa shape index (κ2) is 9.22. The van der Waals surface area contributed by atoms with Crippen molar-refractivity contribution in [1.29, 1.82) is 0 Å². The summed E-state index contributed by atoms with van der Waals surface area (Å²) in [4.78, 5) is 0. The number of hydrogen-bond donors (Lipinski definition) is 1. The molecule has 0 amide bonds. The highest BCUT2D eigenvalue weighted by molar-refractivity contribution is 4.87. The van der Waals surface area contributed by atoms with Crippen LogP contribution in [0, 0.1) is 5.92 Å². The van der Waals surface area contributed by atoms with Crippen LogP contribution in [0.3, 0.4) is 0 Å². The minimum Gasteiger partial charge on any atom is -0.376 e. The number of hydrogen-bond acceptors (Lipinski definition) is 2. The molecular weight excluding hydrogens is 174 g/mol. The second-order valence-electron chi connectivity index (χ2n) is 3.90. The van der Waals surface area contributed by atoms with Crippen LogP contribution in [0.25, 0.3) is 0 Å². The lowest BCUT2D eigenvalue weighted by molar-refractivity contribution is 0.156. The van der Waals surface area contributed by atoms with Crippen molar-refractivity contribution in [1.82, 2.24) is 5.32 Å². The molecule has 0 atom stereocenters. The van der Waals surface area contributed by atoms with E-state index in [9.17, 15) is 0 Å². The molecule has 2 heteroatoms. The molecule has 0 aromatic carbocycles. The molecule has 0 aliphatic heterocycles. The van der Waals surface area contributed by atoms with Gasteiger partial charge in [0.05, 0.1) is 13.2 Å². The van der Waals surface area contributed by atoms with Crippen LogP contribution in [0.2, 0.25) is 0 Å². The lowest BCUT2D eigenvalue weighted by atomic mass is 10.0. The molecule has 0 fully saturated rings. The maximum atomic E-state index is 5.38. The van der Waals surface area contributed by atoms with Gasteiger partial charge in [-0.25, -0.2) is 0 Å². The molecular formula is C12H25NO. The smallest absolute Gasteiger partial charge is 0.0672 e. The second-order valence-corrected chi connectivity index (χ2v) is 3.90. The minimum atomic E-state index is 0.687. The van der Waals surface area contributed by atoms with E-state index in [1.165, 1.54) is 12.8 Å². The number of rotatable bonds is 9. The quantitative estimate of drug-likeness (QED) is 0.455. The third-order valence-corrected chi connectivity index (χ3v) is 2.36. The Balaban J connectivity index is 3.16. The summed E-state index contributed by atoms with van der Waals surface area (Å²) in [5.41, 5.74) is 1.09. The Morgan fingerprint density at radius 3 is 2.50 bits per heavy atom. The van der Waals surface area contributed by atoms with Crippen molar-refractivity contribution < 1.29 is 4.74 Å². The normalized spacial score (nSPS) is 10.9. The van der Waals surface area contributed by atoms with Crippen LogP contribution in [0.4, 0.5) is 0 Å². The molecule has 84 valence electrons. The van der Waals surface area contributed by atoms with Gasteiger partial charge in [-0.3, -0.25) is 0 Å². The van der Waals surface area contributed by atoms with Crippen molar-refractivity contribution in [2.45, 2.75) is 33.6 Å². The van der Waals surface area contributed by atoms with E-state index in [0.717, 1.165) is 31.2 Å². The maximum absolute atomic E-state index is 5.38. The lowest BCUT2D eigenvalue weighted by Crippen LogP contribution is -2.26. The molecule has 2 nitrogen and oxygen atoms in total. The Hall–Kier alpha value is -0.340. The highest BCUT2D eigenvalue weighted by atomic mass is 16.5. The van der Waals surface area contributed by atoms with E-state index in [4.69, 9.17) is 4.74 Å². The van der Waals surface area contributed by atoms with E-state index in [-0.39, 0.29) is 0 Å². The van der Waals surface area contributed by atoms with Gasteiger partial charge in [0.15, 0.2) is 0 Å². The molecule has 0 unspecified atom stereocenters. The molecule has 14 heavy (non-hydrogen) atoms. The maximum Gasteiger partial charge on any atom is 0.0672 e. The van der Waals surface area contributed by atoms with Gasteiger partial charge < -0.3 is 10.1 Å². The molecule has 0 spiro atoms. The predicted molar refractivity (Wildman–Crippen MR) is 62.6 cm³/mol. The molecule has 0 rings (SSSR count). The summed E-state index contributed by atoms with van der Waals surface area (Å²) >= 11 is 0. The Morgan fingerprint density at radius 1 is 1.36 bits per heavy atom. The summed E-state index contributed by atoms with van der Waals surface area (Å²) in [5, 5.41) is 3.41. The van der Waals surface area contributed by atoms with E-state index in [1.807, 2.05) is 6.92 Å². The predicted octanol–water partition coefficient (Wildman–Crippen LogP) is 2.60. The molecule has 0 saturated carbocycles.